The topological polar surface area (TPSA) is 101 Å². The van der Waals surface area contributed by atoms with Gasteiger partial charge in [-0.05, 0) is 18.8 Å². The van der Waals surface area contributed by atoms with Crippen molar-refractivity contribution in [3.63, 3.8) is 0 Å². The quantitative estimate of drug-likeness (QED) is 0.551. The Hall–Kier alpha value is -0.760. The summed E-state index contributed by atoms with van der Waals surface area (Å²) in [5.41, 5.74) is 11.7. The predicted molar refractivity (Wildman–Crippen MR) is 105 cm³/mol. The molecule has 24 heavy (non-hydrogen) atoms. The van der Waals surface area contributed by atoms with Crippen LogP contribution in [-0.2, 0) is 0 Å². The lowest BCUT2D eigenvalue weighted by molar-refractivity contribution is 0.373. The van der Waals surface area contributed by atoms with Gasteiger partial charge < -0.3 is 22.1 Å². The molecule has 2 fully saturated rings. The number of aliphatic imine (C=N–C) groups is 2. The molecule has 6 N–H and O–H groups in total. The zero-order valence-corrected chi connectivity index (χ0v) is 15.8. The summed E-state index contributed by atoms with van der Waals surface area (Å²) in [4.78, 5) is 9.30. The number of hydrogen-bond donors (Lipinski definition) is 4. The Labute approximate surface area is 152 Å². The zero-order chi connectivity index (χ0) is 16.7. The van der Waals surface area contributed by atoms with Gasteiger partial charge in [0.25, 0.3) is 0 Å². The third kappa shape index (κ3) is 3.19. The molecule has 0 bridgehead atoms. The van der Waals surface area contributed by atoms with Crippen molar-refractivity contribution in [3.05, 3.63) is 0 Å². The molecule has 6 nitrogen and oxygen atoms in total. The molecule has 0 aromatic heterocycles. The molecular weight excluding hydrogens is 340 g/mol. The van der Waals surface area contributed by atoms with Crippen molar-refractivity contribution in [3.8, 4) is 0 Å². The van der Waals surface area contributed by atoms with Crippen molar-refractivity contribution in [1.82, 2.24) is 10.6 Å². The van der Waals surface area contributed by atoms with Crippen LogP contribution in [0.2, 0.25) is 0 Å². The first-order chi connectivity index (χ1) is 11.6. The van der Waals surface area contributed by atoms with Gasteiger partial charge in [0.15, 0.2) is 11.9 Å². The molecule has 0 unspecified atom stereocenters. The summed E-state index contributed by atoms with van der Waals surface area (Å²) >= 11 is 4.15. The Kier molecular flexibility index (Phi) is 4.77. The minimum absolute atomic E-state index is 0.375. The molecule has 4 heterocycles. The molecule has 0 aliphatic carbocycles. The Morgan fingerprint density at radius 3 is 1.96 bits per heavy atom. The number of nitrogens with zero attached hydrogens (tertiary/aromatic N) is 2. The summed E-state index contributed by atoms with van der Waals surface area (Å²) in [5, 5.41) is 7.86. The van der Waals surface area contributed by atoms with Crippen molar-refractivity contribution in [2.45, 2.75) is 67.3 Å². The monoisotopic (exact) mass is 368 g/mol. The molecule has 2 saturated heterocycles. The van der Waals surface area contributed by atoms with Crippen molar-refractivity contribution >= 4 is 35.4 Å². The largest absolute Gasteiger partial charge is 0.370 e. The van der Waals surface area contributed by atoms with Gasteiger partial charge in [0.1, 0.15) is 0 Å². The molecule has 0 aromatic carbocycles. The highest BCUT2D eigenvalue weighted by Gasteiger charge is 2.44. The molecular formula is C16H28N6S2. The van der Waals surface area contributed by atoms with Crippen LogP contribution in [0.25, 0.3) is 0 Å². The summed E-state index contributed by atoms with van der Waals surface area (Å²) in [7, 11) is 0. The van der Waals surface area contributed by atoms with Crippen LogP contribution < -0.4 is 22.1 Å². The van der Waals surface area contributed by atoms with E-state index in [0.717, 1.165) is 17.4 Å². The van der Waals surface area contributed by atoms with Gasteiger partial charge >= 0.3 is 0 Å². The van der Waals surface area contributed by atoms with Crippen molar-refractivity contribution in [1.29, 1.82) is 0 Å². The summed E-state index contributed by atoms with van der Waals surface area (Å²) in [5.74, 6) is 4.28. The number of nitrogens with one attached hydrogen (secondary N) is 2. The lowest BCUT2D eigenvalue weighted by Gasteiger charge is -2.25. The first-order valence-corrected chi connectivity index (χ1v) is 11.2. The molecule has 6 atom stereocenters. The fourth-order valence-corrected chi connectivity index (χ4v) is 7.74. The lowest BCUT2D eigenvalue weighted by atomic mass is 9.88. The molecule has 8 heteroatoms. The van der Waals surface area contributed by atoms with Gasteiger partial charge in [-0.3, -0.25) is 0 Å². The second-order valence-electron chi connectivity index (χ2n) is 7.38. The third-order valence-electron chi connectivity index (χ3n) is 5.64. The van der Waals surface area contributed by atoms with Crippen LogP contribution >= 0.6 is 23.5 Å². The highest BCUT2D eigenvalue weighted by molar-refractivity contribution is 8.00. The maximum Gasteiger partial charge on any atom is 0.189 e. The van der Waals surface area contributed by atoms with E-state index in [2.05, 4.69) is 51.1 Å². The first-order valence-electron chi connectivity index (χ1n) is 9.07. The Balaban J connectivity index is 1.38. The van der Waals surface area contributed by atoms with Gasteiger partial charge in [0, 0.05) is 22.0 Å². The van der Waals surface area contributed by atoms with E-state index < -0.39 is 0 Å². The van der Waals surface area contributed by atoms with Gasteiger partial charge in [0.2, 0.25) is 0 Å². The summed E-state index contributed by atoms with van der Waals surface area (Å²) in [6, 6.07) is 1.66. The molecule has 4 aliphatic heterocycles. The predicted octanol–water partition coefficient (Wildman–Crippen LogP) is 0.724. The average molecular weight is 369 g/mol. The average Bonchev–Trinajstić information content (AvgIpc) is 3.24. The van der Waals surface area contributed by atoms with Crippen LogP contribution in [0.5, 0.6) is 0 Å². The van der Waals surface area contributed by atoms with Gasteiger partial charge in [-0.15, -0.1) is 0 Å². The normalized spacial score (nSPS) is 40.1. The maximum atomic E-state index is 5.87. The number of guanidine groups is 2. The number of thioether (sulfide) groups is 2. The van der Waals surface area contributed by atoms with Crippen molar-refractivity contribution in [2.24, 2.45) is 27.4 Å². The van der Waals surface area contributed by atoms with Crippen LogP contribution in [0.4, 0.5) is 0 Å². The summed E-state index contributed by atoms with van der Waals surface area (Å²) < 4.78 is 0. The van der Waals surface area contributed by atoms with Crippen LogP contribution in [0, 0.1) is 5.92 Å². The van der Waals surface area contributed by atoms with E-state index in [-0.39, 0.29) is 0 Å². The van der Waals surface area contributed by atoms with Gasteiger partial charge in [-0.25, -0.2) is 9.98 Å². The third-order valence-corrected chi connectivity index (χ3v) is 8.54. The van der Waals surface area contributed by atoms with Gasteiger partial charge in [-0.2, -0.15) is 23.5 Å². The van der Waals surface area contributed by atoms with Crippen LogP contribution in [0.15, 0.2) is 9.98 Å². The van der Waals surface area contributed by atoms with E-state index in [9.17, 15) is 0 Å². The molecule has 0 spiro atoms. The minimum atomic E-state index is 0.375. The highest BCUT2D eigenvalue weighted by Crippen LogP contribution is 2.41. The van der Waals surface area contributed by atoms with Gasteiger partial charge in [-0.1, -0.05) is 19.8 Å². The highest BCUT2D eigenvalue weighted by atomic mass is 32.2. The van der Waals surface area contributed by atoms with Crippen molar-refractivity contribution < 1.29 is 0 Å². The Bertz CT molecular complexity index is 495. The molecule has 134 valence electrons. The van der Waals surface area contributed by atoms with Gasteiger partial charge in [0.05, 0.1) is 24.2 Å². The molecule has 0 radical (unpaired) electrons. The second kappa shape index (κ2) is 6.86. The number of hydrogen-bond acceptors (Lipinski definition) is 8. The standard InChI is InChI=1S/C16H28N6S2/c1-2-3-8(4-11-13-9(6-23-11)19-15(17)21-13)5-12-14-10(7-24-12)20-16(18)22-14/h8-14H,2-7H2,1H3,(H3,17,19,21)(H3,18,20,22)/t9-,10-,11-,12-,13-,14-/m0/s1. The van der Waals surface area contributed by atoms with E-state index in [1.807, 2.05) is 0 Å². The number of nitrogens with two attached hydrogens (primary N) is 2. The van der Waals surface area contributed by atoms with E-state index in [1.165, 1.54) is 25.7 Å². The van der Waals surface area contributed by atoms with Crippen LogP contribution in [-0.4, -0.2) is 58.1 Å². The summed E-state index contributed by atoms with van der Waals surface area (Å²) in [6.45, 7) is 2.29. The first kappa shape index (κ1) is 16.7. The van der Waals surface area contributed by atoms with Crippen LogP contribution in [0.3, 0.4) is 0 Å². The Morgan fingerprint density at radius 1 is 1.00 bits per heavy atom. The molecule has 0 amide bonds. The lowest BCUT2D eigenvalue weighted by Crippen LogP contribution is -2.39. The van der Waals surface area contributed by atoms with E-state index >= 15 is 0 Å². The molecule has 4 aliphatic rings. The fourth-order valence-electron chi connectivity index (χ4n) is 4.56. The van der Waals surface area contributed by atoms with E-state index in [0.29, 0.717) is 46.6 Å². The smallest absolute Gasteiger partial charge is 0.189 e. The Morgan fingerprint density at radius 2 is 1.50 bits per heavy atom. The SMILES string of the molecule is CCCC(C[C@@H]1SC[C@@H]2NC(N)=N[C@@H]21)C[C@@H]1SC[C@@H]2NC(N)=N[C@@H]21. The van der Waals surface area contributed by atoms with Crippen molar-refractivity contribution in [2.75, 3.05) is 11.5 Å². The number of rotatable bonds is 6. The van der Waals surface area contributed by atoms with E-state index in [4.69, 9.17) is 11.5 Å². The second-order valence-corrected chi connectivity index (χ2v) is 9.93. The zero-order valence-electron chi connectivity index (χ0n) is 14.1. The summed E-state index contributed by atoms with van der Waals surface area (Å²) in [6.07, 6.45) is 5.04. The molecule has 4 rings (SSSR count). The maximum absolute atomic E-state index is 5.87. The molecule has 0 saturated carbocycles. The minimum Gasteiger partial charge on any atom is -0.370 e. The van der Waals surface area contributed by atoms with E-state index in [1.54, 1.807) is 0 Å². The van der Waals surface area contributed by atoms with Crippen LogP contribution in [0.1, 0.15) is 32.6 Å². The number of fused-ring (bicyclic) bond motifs is 2. The fraction of sp³-hybridized carbons (Fsp3) is 0.875. The molecule has 0 aromatic rings.